The van der Waals surface area contributed by atoms with Crippen molar-refractivity contribution in [2.45, 2.75) is 51.5 Å². The van der Waals surface area contributed by atoms with Crippen LogP contribution in [-0.4, -0.2) is 17.0 Å². The van der Waals surface area contributed by atoms with Gasteiger partial charge in [-0.3, -0.25) is 9.59 Å². The fourth-order valence-corrected chi connectivity index (χ4v) is 4.50. The Kier molecular flexibility index (Phi) is 5.81. The number of thiophene rings is 1. The highest BCUT2D eigenvalue weighted by molar-refractivity contribution is 9.10. The van der Waals surface area contributed by atoms with Crippen LogP contribution in [0, 0.1) is 5.41 Å². The molecule has 0 aliphatic heterocycles. The Morgan fingerprint density at radius 1 is 1.29 bits per heavy atom. The molecule has 2 N–H and O–H groups in total. The van der Waals surface area contributed by atoms with E-state index >= 15 is 0 Å². The van der Waals surface area contributed by atoms with E-state index in [1.165, 1.54) is 0 Å². The molecule has 2 rings (SSSR count). The van der Waals surface area contributed by atoms with Crippen molar-refractivity contribution < 1.29 is 14.7 Å². The van der Waals surface area contributed by atoms with Gasteiger partial charge in [0.25, 0.3) is 0 Å². The standard InChI is InChI=1S/C15H20BrNO3S/c16-11-4-7-21-12(11)10-17-13(18)8-15(9-14(19)20)5-2-1-3-6-15/h4,7H,1-3,5-6,8-10H2,(H,17,18)(H,19,20). The molecule has 1 aliphatic carbocycles. The maximum absolute atomic E-state index is 12.2. The fraction of sp³-hybridized carbons (Fsp3) is 0.600. The van der Waals surface area contributed by atoms with Crippen molar-refractivity contribution in [1.29, 1.82) is 0 Å². The zero-order valence-electron chi connectivity index (χ0n) is 11.9. The number of carbonyl (C=O) groups is 2. The first-order chi connectivity index (χ1) is 10.0. The van der Waals surface area contributed by atoms with E-state index in [0.717, 1.165) is 41.5 Å². The summed E-state index contributed by atoms with van der Waals surface area (Å²) in [4.78, 5) is 24.4. The second kappa shape index (κ2) is 7.40. The van der Waals surface area contributed by atoms with Crippen LogP contribution < -0.4 is 5.32 Å². The van der Waals surface area contributed by atoms with Crippen molar-refractivity contribution in [3.8, 4) is 0 Å². The largest absolute Gasteiger partial charge is 0.481 e. The molecule has 0 spiro atoms. The SMILES string of the molecule is O=C(O)CC1(CC(=O)NCc2sccc2Br)CCCCC1. The Hall–Kier alpha value is -0.880. The highest BCUT2D eigenvalue weighted by Crippen LogP contribution is 2.42. The predicted octanol–water partition coefficient (Wildman–Crippen LogP) is 3.94. The van der Waals surface area contributed by atoms with Crippen LogP contribution in [0.1, 0.15) is 49.8 Å². The molecule has 1 aliphatic rings. The molecule has 0 radical (unpaired) electrons. The van der Waals surface area contributed by atoms with Gasteiger partial charge in [-0.25, -0.2) is 0 Å². The number of aliphatic carboxylic acids is 1. The Morgan fingerprint density at radius 2 is 2.00 bits per heavy atom. The van der Waals surface area contributed by atoms with Crippen LogP contribution in [0.25, 0.3) is 0 Å². The molecule has 0 atom stereocenters. The zero-order valence-corrected chi connectivity index (χ0v) is 14.3. The Morgan fingerprint density at radius 3 is 2.57 bits per heavy atom. The average Bonchev–Trinajstić information content (AvgIpc) is 2.82. The summed E-state index contributed by atoms with van der Waals surface area (Å²) >= 11 is 5.03. The number of rotatable bonds is 6. The molecule has 1 heterocycles. The lowest BCUT2D eigenvalue weighted by molar-refractivity contribution is -0.141. The molecule has 0 bridgehead atoms. The summed E-state index contributed by atoms with van der Waals surface area (Å²) in [5.41, 5.74) is -0.346. The Labute approximate surface area is 137 Å². The maximum Gasteiger partial charge on any atom is 0.303 e. The van der Waals surface area contributed by atoms with Crippen molar-refractivity contribution in [3.63, 3.8) is 0 Å². The summed E-state index contributed by atoms with van der Waals surface area (Å²) in [7, 11) is 0. The number of carboxylic acids is 1. The Bertz CT molecular complexity index is 509. The summed E-state index contributed by atoms with van der Waals surface area (Å²) in [6.45, 7) is 0.500. The average molecular weight is 374 g/mol. The number of hydrogen-bond donors (Lipinski definition) is 2. The second-order valence-corrected chi connectivity index (χ2v) is 7.63. The minimum Gasteiger partial charge on any atom is -0.481 e. The van der Waals surface area contributed by atoms with Crippen LogP contribution in [0.3, 0.4) is 0 Å². The molecule has 0 unspecified atom stereocenters. The van der Waals surface area contributed by atoms with Gasteiger partial charge < -0.3 is 10.4 Å². The van der Waals surface area contributed by atoms with Crippen molar-refractivity contribution in [2.75, 3.05) is 0 Å². The minimum absolute atomic E-state index is 0.0431. The van der Waals surface area contributed by atoms with Crippen LogP contribution in [0.4, 0.5) is 0 Å². The van der Waals surface area contributed by atoms with E-state index in [2.05, 4.69) is 21.2 Å². The normalized spacial score (nSPS) is 17.4. The third-order valence-corrected chi connectivity index (χ3v) is 6.04. The molecule has 1 amide bonds. The quantitative estimate of drug-likeness (QED) is 0.793. The lowest BCUT2D eigenvalue weighted by Crippen LogP contribution is -2.34. The van der Waals surface area contributed by atoms with Gasteiger partial charge in [-0.05, 0) is 45.6 Å². The number of carboxylic acid groups (broad SMARTS) is 1. The van der Waals surface area contributed by atoms with Gasteiger partial charge in [0, 0.05) is 15.8 Å². The molecule has 21 heavy (non-hydrogen) atoms. The summed E-state index contributed by atoms with van der Waals surface area (Å²) < 4.78 is 1.01. The molecular formula is C15H20BrNO3S. The monoisotopic (exact) mass is 373 g/mol. The van der Waals surface area contributed by atoms with E-state index in [1.807, 2.05) is 11.4 Å². The van der Waals surface area contributed by atoms with Gasteiger partial charge in [0.2, 0.25) is 5.91 Å². The van der Waals surface area contributed by atoms with Crippen LogP contribution in [-0.2, 0) is 16.1 Å². The van der Waals surface area contributed by atoms with E-state index < -0.39 is 5.97 Å². The smallest absolute Gasteiger partial charge is 0.303 e. The summed E-state index contributed by atoms with van der Waals surface area (Å²) in [6.07, 6.45) is 5.30. The van der Waals surface area contributed by atoms with Crippen molar-refractivity contribution in [3.05, 3.63) is 20.8 Å². The third kappa shape index (κ3) is 4.81. The first-order valence-electron chi connectivity index (χ1n) is 7.21. The molecule has 0 aromatic carbocycles. The third-order valence-electron chi connectivity index (χ3n) is 4.11. The van der Waals surface area contributed by atoms with Crippen molar-refractivity contribution >= 4 is 39.1 Å². The number of amides is 1. The topological polar surface area (TPSA) is 66.4 Å². The molecule has 1 fully saturated rings. The molecule has 0 saturated heterocycles. The van der Waals surface area contributed by atoms with Gasteiger partial charge >= 0.3 is 5.97 Å². The van der Waals surface area contributed by atoms with Crippen LogP contribution in [0.2, 0.25) is 0 Å². The summed E-state index contributed by atoms with van der Waals surface area (Å²) in [5, 5.41) is 14.0. The Balaban J connectivity index is 1.91. The number of halogens is 1. The van der Waals surface area contributed by atoms with Crippen molar-refractivity contribution in [1.82, 2.24) is 5.32 Å². The molecule has 1 aromatic heterocycles. The summed E-state index contributed by atoms with van der Waals surface area (Å²) in [5.74, 6) is -0.843. The lowest BCUT2D eigenvalue weighted by atomic mass is 9.69. The highest BCUT2D eigenvalue weighted by Gasteiger charge is 2.36. The van der Waals surface area contributed by atoms with E-state index in [-0.39, 0.29) is 17.7 Å². The summed E-state index contributed by atoms with van der Waals surface area (Å²) in [6, 6.07) is 1.96. The van der Waals surface area contributed by atoms with Gasteiger partial charge in [0.15, 0.2) is 0 Å². The number of hydrogen-bond acceptors (Lipinski definition) is 3. The molecular weight excluding hydrogens is 354 g/mol. The van der Waals surface area contributed by atoms with Gasteiger partial charge in [0.1, 0.15) is 0 Å². The van der Waals surface area contributed by atoms with Gasteiger partial charge in [-0.1, -0.05) is 19.3 Å². The van der Waals surface area contributed by atoms with Gasteiger partial charge in [-0.2, -0.15) is 0 Å². The molecule has 1 saturated carbocycles. The molecule has 4 nitrogen and oxygen atoms in total. The maximum atomic E-state index is 12.2. The first-order valence-corrected chi connectivity index (χ1v) is 8.88. The van der Waals surface area contributed by atoms with E-state index in [1.54, 1.807) is 11.3 Å². The zero-order chi connectivity index (χ0) is 15.3. The van der Waals surface area contributed by atoms with Crippen LogP contribution >= 0.6 is 27.3 Å². The lowest BCUT2D eigenvalue weighted by Gasteiger charge is -2.35. The highest BCUT2D eigenvalue weighted by atomic mass is 79.9. The molecule has 116 valence electrons. The fourth-order valence-electron chi connectivity index (χ4n) is 3.07. The van der Waals surface area contributed by atoms with Crippen molar-refractivity contribution in [2.24, 2.45) is 5.41 Å². The van der Waals surface area contributed by atoms with Crippen LogP contribution in [0.15, 0.2) is 15.9 Å². The second-order valence-electron chi connectivity index (χ2n) is 5.78. The van der Waals surface area contributed by atoms with E-state index in [4.69, 9.17) is 5.11 Å². The van der Waals surface area contributed by atoms with E-state index in [0.29, 0.717) is 13.0 Å². The molecule has 1 aromatic rings. The minimum atomic E-state index is -0.800. The molecule has 6 heteroatoms. The van der Waals surface area contributed by atoms with Gasteiger partial charge in [-0.15, -0.1) is 11.3 Å². The predicted molar refractivity (Wildman–Crippen MR) is 86.3 cm³/mol. The van der Waals surface area contributed by atoms with Gasteiger partial charge in [0.05, 0.1) is 13.0 Å². The first kappa shape index (κ1) is 16.5. The number of carbonyl (C=O) groups excluding carboxylic acids is 1. The van der Waals surface area contributed by atoms with Crippen LogP contribution in [0.5, 0.6) is 0 Å². The number of nitrogens with one attached hydrogen (secondary N) is 1. The van der Waals surface area contributed by atoms with E-state index in [9.17, 15) is 9.59 Å².